The number of nitrogens with two attached hydrogens (primary N) is 2. The minimum Gasteiger partial charge on any atom is -0.307 e. The Morgan fingerprint density at radius 1 is 0.650 bits per heavy atom. The highest BCUT2D eigenvalue weighted by Gasteiger charge is 2.25. The molecule has 0 aromatic carbocycles. The zero-order valence-electron chi connectivity index (χ0n) is 12.7. The molecule has 2 rings (SSSR count). The summed E-state index contributed by atoms with van der Waals surface area (Å²) in [5.74, 6) is 0. The van der Waals surface area contributed by atoms with Gasteiger partial charge in [-0.1, -0.05) is 24.3 Å². The van der Waals surface area contributed by atoms with E-state index < -0.39 is 11.3 Å². The predicted octanol–water partition coefficient (Wildman–Crippen LogP) is 0.968. The van der Waals surface area contributed by atoms with E-state index in [1.807, 2.05) is 62.3 Å². The van der Waals surface area contributed by atoms with Crippen LogP contribution in [0.5, 0.6) is 0 Å². The van der Waals surface area contributed by atoms with Gasteiger partial charge in [0, 0.05) is 0 Å². The second-order valence-electron chi connectivity index (χ2n) is 5.81. The van der Waals surface area contributed by atoms with Gasteiger partial charge >= 0.3 is 0 Å². The Labute approximate surface area is 121 Å². The van der Waals surface area contributed by atoms with Gasteiger partial charge < -0.3 is 11.5 Å². The van der Waals surface area contributed by atoms with E-state index in [9.17, 15) is 0 Å². The zero-order chi connectivity index (χ0) is 15.0. The summed E-state index contributed by atoms with van der Waals surface area (Å²) in [6.45, 7) is 0. The lowest BCUT2D eigenvalue weighted by molar-refractivity contribution is 0.269. The number of rotatable bonds is 2. The Kier molecular flexibility index (Phi) is 3.84. The highest BCUT2D eigenvalue weighted by molar-refractivity contribution is 5.53. The molecule has 4 N–H and O–H groups in total. The zero-order valence-corrected chi connectivity index (χ0v) is 12.7. The summed E-state index contributed by atoms with van der Waals surface area (Å²) in [6, 6.07) is 0. The van der Waals surface area contributed by atoms with E-state index in [0.717, 1.165) is 11.1 Å². The quantitative estimate of drug-likeness (QED) is 0.735. The van der Waals surface area contributed by atoms with Gasteiger partial charge in [-0.3, -0.25) is 9.80 Å². The maximum absolute atomic E-state index is 6.24. The first-order valence-corrected chi connectivity index (χ1v) is 6.71. The molecule has 0 saturated heterocycles. The standard InChI is InChI=1S/C16H24N4/c1-19(2)15(17)9-5-13(6-10-15)14-7-11-16(18,12-8-14)20(3)4/h5-12H,17-18H2,1-4H3. The van der Waals surface area contributed by atoms with Gasteiger partial charge in [-0.25, -0.2) is 0 Å². The summed E-state index contributed by atoms with van der Waals surface area (Å²) >= 11 is 0. The molecule has 0 atom stereocenters. The van der Waals surface area contributed by atoms with E-state index in [1.54, 1.807) is 0 Å². The molecule has 2 aliphatic rings. The topological polar surface area (TPSA) is 58.5 Å². The maximum Gasteiger partial charge on any atom is 0.107 e. The van der Waals surface area contributed by atoms with Crippen molar-refractivity contribution >= 4 is 0 Å². The van der Waals surface area contributed by atoms with E-state index in [1.165, 1.54) is 0 Å². The van der Waals surface area contributed by atoms with Gasteiger partial charge in [0.1, 0.15) is 11.3 Å². The average molecular weight is 272 g/mol. The van der Waals surface area contributed by atoms with E-state index in [2.05, 4.69) is 24.3 Å². The fraction of sp³-hybridized carbons (Fsp3) is 0.375. The lowest BCUT2D eigenvalue weighted by atomic mass is 9.92. The van der Waals surface area contributed by atoms with Crippen LogP contribution in [0.4, 0.5) is 0 Å². The predicted molar refractivity (Wildman–Crippen MR) is 84.8 cm³/mol. The van der Waals surface area contributed by atoms with Crippen LogP contribution >= 0.6 is 0 Å². The van der Waals surface area contributed by atoms with E-state index >= 15 is 0 Å². The van der Waals surface area contributed by atoms with E-state index in [0.29, 0.717) is 0 Å². The van der Waals surface area contributed by atoms with Crippen LogP contribution in [-0.4, -0.2) is 49.3 Å². The van der Waals surface area contributed by atoms with Crippen LogP contribution in [0.2, 0.25) is 0 Å². The first-order valence-electron chi connectivity index (χ1n) is 6.71. The summed E-state index contributed by atoms with van der Waals surface area (Å²) < 4.78 is 0. The average Bonchev–Trinajstić information content (AvgIpc) is 2.40. The number of hydrogen-bond acceptors (Lipinski definition) is 4. The van der Waals surface area contributed by atoms with E-state index in [-0.39, 0.29) is 0 Å². The molecular weight excluding hydrogens is 248 g/mol. The molecule has 4 heteroatoms. The van der Waals surface area contributed by atoms with Crippen molar-refractivity contribution in [1.29, 1.82) is 0 Å². The minimum absolute atomic E-state index is 0.507. The summed E-state index contributed by atoms with van der Waals surface area (Å²) in [5, 5.41) is 0. The van der Waals surface area contributed by atoms with Gasteiger partial charge in [-0.05, 0) is 63.6 Å². The van der Waals surface area contributed by atoms with E-state index in [4.69, 9.17) is 11.5 Å². The Balaban J connectivity index is 2.24. The Hall–Kier alpha value is -1.46. The summed E-state index contributed by atoms with van der Waals surface area (Å²) in [6.07, 6.45) is 16.3. The van der Waals surface area contributed by atoms with Crippen molar-refractivity contribution in [2.45, 2.75) is 11.3 Å². The molecule has 0 bridgehead atoms. The monoisotopic (exact) mass is 272 g/mol. The summed E-state index contributed by atoms with van der Waals surface area (Å²) in [7, 11) is 7.86. The van der Waals surface area contributed by atoms with Crippen molar-refractivity contribution < 1.29 is 0 Å². The second kappa shape index (κ2) is 5.14. The van der Waals surface area contributed by atoms with Crippen LogP contribution in [-0.2, 0) is 0 Å². The molecule has 20 heavy (non-hydrogen) atoms. The van der Waals surface area contributed by atoms with Crippen molar-refractivity contribution in [1.82, 2.24) is 9.80 Å². The maximum atomic E-state index is 6.24. The molecule has 0 aliphatic heterocycles. The normalized spacial score (nSPS) is 32.8. The largest absolute Gasteiger partial charge is 0.307 e. The van der Waals surface area contributed by atoms with Crippen LogP contribution in [0.15, 0.2) is 59.8 Å². The SMILES string of the molecule is CN(C)C1(N)C=CC(=C2C=CC(N)(N(C)C)C=C2)C=C1. The summed E-state index contributed by atoms with van der Waals surface area (Å²) in [5.41, 5.74) is 13.8. The molecule has 0 aromatic rings. The fourth-order valence-electron chi connectivity index (χ4n) is 2.10. The van der Waals surface area contributed by atoms with Gasteiger partial charge in [0.25, 0.3) is 0 Å². The number of likely N-dealkylation sites (N-methyl/N-ethyl adjacent to an activating group) is 2. The Bertz CT molecular complexity index is 453. The number of nitrogens with zero attached hydrogens (tertiary/aromatic N) is 2. The van der Waals surface area contributed by atoms with Gasteiger partial charge in [-0.15, -0.1) is 0 Å². The van der Waals surface area contributed by atoms with Crippen LogP contribution in [0.3, 0.4) is 0 Å². The molecule has 0 radical (unpaired) electrons. The van der Waals surface area contributed by atoms with Crippen LogP contribution in [0, 0.1) is 0 Å². The molecule has 2 aliphatic carbocycles. The molecule has 0 aromatic heterocycles. The van der Waals surface area contributed by atoms with Gasteiger partial charge in [-0.2, -0.15) is 0 Å². The Morgan fingerprint density at radius 2 is 0.900 bits per heavy atom. The molecule has 0 unspecified atom stereocenters. The first-order chi connectivity index (χ1) is 9.27. The van der Waals surface area contributed by atoms with Gasteiger partial charge in [0.2, 0.25) is 0 Å². The third-order valence-corrected chi connectivity index (χ3v) is 4.00. The lowest BCUT2D eigenvalue weighted by Crippen LogP contribution is -2.50. The first kappa shape index (κ1) is 14.9. The van der Waals surface area contributed by atoms with Crippen molar-refractivity contribution in [3.8, 4) is 0 Å². The van der Waals surface area contributed by atoms with Gasteiger partial charge in [0.05, 0.1) is 0 Å². The molecule has 0 heterocycles. The van der Waals surface area contributed by atoms with Crippen LogP contribution < -0.4 is 11.5 Å². The molecule has 0 fully saturated rings. The Morgan fingerprint density at radius 3 is 1.10 bits per heavy atom. The highest BCUT2D eigenvalue weighted by atomic mass is 15.2. The van der Waals surface area contributed by atoms with Crippen molar-refractivity contribution in [3.05, 3.63) is 59.8 Å². The second-order valence-corrected chi connectivity index (χ2v) is 5.81. The minimum atomic E-state index is -0.507. The smallest absolute Gasteiger partial charge is 0.107 e. The van der Waals surface area contributed by atoms with Crippen molar-refractivity contribution in [3.63, 3.8) is 0 Å². The van der Waals surface area contributed by atoms with Crippen LogP contribution in [0.1, 0.15) is 0 Å². The van der Waals surface area contributed by atoms with Crippen molar-refractivity contribution in [2.75, 3.05) is 28.2 Å². The molecule has 108 valence electrons. The molecule has 0 saturated carbocycles. The fourth-order valence-corrected chi connectivity index (χ4v) is 2.10. The third kappa shape index (κ3) is 2.69. The molecule has 4 nitrogen and oxygen atoms in total. The van der Waals surface area contributed by atoms with Crippen molar-refractivity contribution in [2.24, 2.45) is 11.5 Å². The number of allylic oxidation sites excluding steroid dienone is 6. The third-order valence-electron chi connectivity index (χ3n) is 4.00. The molecule has 0 amide bonds. The highest BCUT2D eigenvalue weighted by Crippen LogP contribution is 2.25. The summed E-state index contributed by atoms with van der Waals surface area (Å²) in [4.78, 5) is 3.95. The molecule has 0 spiro atoms. The number of hydrogen-bond donors (Lipinski definition) is 2. The lowest BCUT2D eigenvalue weighted by Gasteiger charge is -2.33. The van der Waals surface area contributed by atoms with Gasteiger partial charge in [0.15, 0.2) is 0 Å². The van der Waals surface area contributed by atoms with Crippen LogP contribution in [0.25, 0.3) is 0 Å². The molecular formula is C16H24N4.